The van der Waals surface area contributed by atoms with Crippen molar-refractivity contribution in [3.63, 3.8) is 0 Å². The van der Waals surface area contributed by atoms with Crippen LogP contribution in [0.5, 0.6) is 0 Å². The third kappa shape index (κ3) is 3.61. The first kappa shape index (κ1) is 12.6. The second kappa shape index (κ2) is 5.05. The van der Waals surface area contributed by atoms with Gasteiger partial charge in [-0.15, -0.1) is 0 Å². The molecule has 0 aromatic carbocycles. The molecular weight excluding hydrogens is 207 g/mol. The average Bonchev–Trinajstić information content (AvgIpc) is 2.16. The molecule has 0 radical (unpaired) electrons. The predicted octanol–water partition coefficient (Wildman–Crippen LogP) is 2.53. The summed E-state index contributed by atoms with van der Waals surface area (Å²) in [6.07, 6.45) is 1.85. The monoisotopic (exact) mass is 224 g/mol. The van der Waals surface area contributed by atoms with Crippen LogP contribution in [0.3, 0.4) is 0 Å². The van der Waals surface area contributed by atoms with E-state index in [9.17, 15) is 9.18 Å². The van der Waals surface area contributed by atoms with E-state index in [-0.39, 0.29) is 17.1 Å². The van der Waals surface area contributed by atoms with Gasteiger partial charge in [-0.3, -0.25) is 4.79 Å². The molecule has 1 aromatic rings. The molecule has 3 nitrogen and oxygen atoms in total. The van der Waals surface area contributed by atoms with E-state index in [4.69, 9.17) is 0 Å². The summed E-state index contributed by atoms with van der Waals surface area (Å²) in [7, 11) is 0. The van der Waals surface area contributed by atoms with E-state index < -0.39 is 5.95 Å². The molecule has 0 saturated carbocycles. The van der Waals surface area contributed by atoms with Crippen LogP contribution in [-0.4, -0.2) is 16.4 Å². The van der Waals surface area contributed by atoms with Crippen LogP contribution in [0, 0.1) is 5.95 Å². The number of nitrogens with one attached hydrogen (secondary N) is 1. The molecule has 1 rings (SSSR count). The van der Waals surface area contributed by atoms with E-state index in [1.54, 1.807) is 0 Å². The molecule has 0 spiro atoms. The van der Waals surface area contributed by atoms with Crippen molar-refractivity contribution in [2.75, 3.05) is 0 Å². The van der Waals surface area contributed by atoms with Crippen molar-refractivity contribution >= 4 is 5.91 Å². The molecule has 0 unspecified atom stereocenters. The lowest BCUT2D eigenvalue weighted by Gasteiger charge is -2.25. The van der Waals surface area contributed by atoms with Gasteiger partial charge in [-0.1, -0.05) is 19.4 Å². The summed E-state index contributed by atoms with van der Waals surface area (Å²) in [6, 6.07) is 4.19. The fourth-order valence-electron chi connectivity index (χ4n) is 1.59. The number of carbonyl (C=O) groups excluding carboxylic acids is 1. The van der Waals surface area contributed by atoms with Gasteiger partial charge >= 0.3 is 0 Å². The first-order valence-corrected chi connectivity index (χ1v) is 5.39. The number of pyridine rings is 1. The fourth-order valence-corrected chi connectivity index (χ4v) is 1.59. The smallest absolute Gasteiger partial charge is 0.270 e. The summed E-state index contributed by atoms with van der Waals surface area (Å²) in [5.41, 5.74) is -0.177. The lowest BCUT2D eigenvalue weighted by Crippen LogP contribution is -2.43. The first-order valence-electron chi connectivity index (χ1n) is 5.39. The van der Waals surface area contributed by atoms with Gasteiger partial charge in [0.1, 0.15) is 5.69 Å². The van der Waals surface area contributed by atoms with Crippen molar-refractivity contribution in [1.82, 2.24) is 10.3 Å². The second-order valence-electron chi connectivity index (χ2n) is 4.43. The second-order valence-corrected chi connectivity index (χ2v) is 4.43. The van der Waals surface area contributed by atoms with Crippen LogP contribution in [0.2, 0.25) is 0 Å². The number of rotatable bonds is 4. The van der Waals surface area contributed by atoms with Gasteiger partial charge in [-0.05, 0) is 32.4 Å². The molecule has 0 fully saturated rings. The van der Waals surface area contributed by atoms with Crippen molar-refractivity contribution in [2.24, 2.45) is 0 Å². The minimum atomic E-state index is -0.638. The van der Waals surface area contributed by atoms with Crippen molar-refractivity contribution in [3.8, 4) is 0 Å². The quantitative estimate of drug-likeness (QED) is 0.798. The zero-order valence-corrected chi connectivity index (χ0v) is 9.88. The highest BCUT2D eigenvalue weighted by Gasteiger charge is 2.20. The van der Waals surface area contributed by atoms with Gasteiger partial charge in [0.2, 0.25) is 5.95 Å². The average molecular weight is 224 g/mol. The van der Waals surface area contributed by atoms with Gasteiger partial charge in [0, 0.05) is 5.54 Å². The summed E-state index contributed by atoms with van der Waals surface area (Å²) >= 11 is 0. The molecule has 4 heteroatoms. The van der Waals surface area contributed by atoms with Crippen molar-refractivity contribution in [3.05, 3.63) is 29.8 Å². The molecule has 0 aliphatic carbocycles. The molecule has 0 aliphatic heterocycles. The maximum absolute atomic E-state index is 12.8. The normalized spacial score (nSPS) is 11.2. The lowest BCUT2D eigenvalue weighted by molar-refractivity contribution is 0.0902. The molecular formula is C12H17FN2O. The van der Waals surface area contributed by atoms with Crippen LogP contribution < -0.4 is 5.32 Å². The number of aromatic nitrogens is 1. The minimum Gasteiger partial charge on any atom is -0.346 e. The van der Waals surface area contributed by atoms with Crippen LogP contribution in [0.25, 0.3) is 0 Å². The van der Waals surface area contributed by atoms with Crippen LogP contribution in [0.1, 0.15) is 44.1 Å². The van der Waals surface area contributed by atoms with Crippen molar-refractivity contribution in [2.45, 2.75) is 39.2 Å². The van der Waals surface area contributed by atoms with E-state index >= 15 is 0 Å². The molecule has 0 saturated heterocycles. The Morgan fingerprint density at radius 1 is 1.50 bits per heavy atom. The molecule has 0 aliphatic rings. The van der Waals surface area contributed by atoms with Crippen molar-refractivity contribution in [1.29, 1.82) is 0 Å². The number of halogens is 1. The summed E-state index contributed by atoms with van der Waals surface area (Å²) in [6.45, 7) is 5.93. The summed E-state index contributed by atoms with van der Waals surface area (Å²) in [4.78, 5) is 15.3. The third-order valence-electron chi connectivity index (χ3n) is 2.27. The number of carbonyl (C=O) groups is 1. The number of hydrogen-bond donors (Lipinski definition) is 1. The number of hydrogen-bond acceptors (Lipinski definition) is 2. The SMILES string of the molecule is CCCC(C)(C)NC(=O)c1cccc(F)n1. The molecule has 16 heavy (non-hydrogen) atoms. The van der Waals surface area contributed by atoms with Gasteiger partial charge in [0.15, 0.2) is 0 Å². The van der Waals surface area contributed by atoms with Crippen molar-refractivity contribution < 1.29 is 9.18 Å². The third-order valence-corrected chi connectivity index (χ3v) is 2.27. The summed E-state index contributed by atoms with van der Waals surface area (Å²) in [5, 5.41) is 2.83. The largest absolute Gasteiger partial charge is 0.346 e. The van der Waals surface area contributed by atoms with Gasteiger partial charge in [0.05, 0.1) is 0 Å². The molecule has 0 bridgehead atoms. The highest BCUT2D eigenvalue weighted by molar-refractivity contribution is 5.92. The van der Waals surface area contributed by atoms with E-state index in [0.29, 0.717) is 0 Å². The standard InChI is InChI=1S/C12H17FN2O/c1-4-8-12(2,3)15-11(16)9-6-5-7-10(13)14-9/h5-7H,4,8H2,1-3H3,(H,15,16). The van der Waals surface area contributed by atoms with Crippen LogP contribution in [0.15, 0.2) is 18.2 Å². The zero-order valence-electron chi connectivity index (χ0n) is 9.88. The van der Waals surface area contributed by atoms with E-state index in [1.165, 1.54) is 18.2 Å². The Hall–Kier alpha value is -1.45. The fraction of sp³-hybridized carbons (Fsp3) is 0.500. The van der Waals surface area contributed by atoms with Gasteiger partial charge in [-0.2, -0.15) is 4.39 Å². The number of nitrogens with zero attached hydrogens (tertiary/aromatic N) is 1. The zero-order chi connectivity index (χ0) is 12.2. The van der Waals surface area contributed by atoms with Crippen LogP contribution in [0.4, 0.5) is 4.39 Å². The molecule has 1 heterocycles. The lowest BCUT2D eigenvalue weighted by atomic mass is 9.99. The molecule has 0 atom stereocenters. The maximum Gasteiger partial charge on any atom is 0.270 e. The van der Waals surface area contributed by atoms with Crippen LogP contribution in [-0.2, 0) is 0 Å². The molecule has 1 aromatic heterocycles. The Morgan fingerprint density at radius 2 is 2.19 bits per heavy atom. The molecule has 1 N–H and O–H groups in total. The van der Waals surface area contributed by atoms with Gasteiger partial charge in [-0.25, -0.2) is 4.98 Å². The Kier molecular flexibility index (Phi) is 3.99. The Labute approximate surface area is 95.1 Å². The Bertz CT molecular complexity index is 377. The topological polar surface area (TPSA) is 42.0 Å². The summed E-state index contributed by atoms with van der Waals surface area (Å²) in [5.74, 6) is -0.973. The molecule has 88 valence electrons. The van der Waals surface area contributed by atoms with E-state index in [2.05, 4.69) is 10.3 Å². The Morgan fingerprint density at radius 3 is 2.75 bits per heavy atom. The van der Waals surface area contributed by atoms with E-state index in [1.807, 2.05) is 20.8 Å². The minimum absolute atomic E-state index is 0.115. The Balaban J connectivity index is 2.72. The van der Waals surface area contributed by atoms with E-state index in [0.717, 1.165) is 12.8 Å². The highest BCUT2D eigenvalue weighted by atomic mass is 19.1. The predicted molar refractivity (Wildman–Crippen MR) is 60.6 cm³/mol. The molecule has 1 amide bonds. The number of amides is 1. The maximum atomic E-state index is 12.8. The van der Waals surface area contributed by atoms with Gasteiger partial charge < -0.3 is 5.32 Å². The van der Waals surface area contributed by atoms with Gasteiger partial charge in [0.25, 0.3) is 5.91 Å². The summed E-state index contributed by atoms with van der Waals surface area (Å²) < 4.78 is 12.8. The van der Waals surface area contributed by atoms with Crippen LogP contribution >= 0.6 is 0 Å². The highest BCUT2D eigenvalue weighted by Crippen LogP contribution is 2.11. The first-order chi connectivity index (χ1) is 7.44.